The number of methoxy groups -OCH3 is 1. The van der Waals surface area contributed by atoms with E-state index in [9.17, 15) is 24.3 Å². The van der Waals surface area contributed by atoms with Gasteiger partial charge >= 0.3 is 11.9 Å². The Bertz CT molecular complexity index is 2650. The van der Waals surface area contributed by atoms with E-state index in [0.717, 1.165) is 74.0 Å². The van der Waals surface area contributed by atoms with Crippen molar-refractivity contribution in [2.24, 2.45) is 0 Å². The molecule has 0 atom stereocenters. The molecule has 8 nitrogen and oxygen atoms in total. The Balaban J connectivity index is 0.000000156. The number of carbonyl (C=O) groups is 4. The van der Waals surface area contributed by atoms with Crippen molar-refractivity contribution >= 4 is 23.8 Å². The Morgan fingerprint density at radius 1 is 0.557 bits per heavy atom. The van der Waals surface area contributed by atoms with Crippen molar-refractivity contribution < 1.29 is 29.0 Å². The SMILES string of the molecule is COC(=O)c1cc(C2CC2)ccc1Cc1ccc2c(c1)CN(Cc1ccccc1)C2=O.O=C(O)c1cc(C2CC2)ccc1Cc1ccc2c(c1)CN(Cc1ccccc1)C2=O. The van der Waals surface area contributed by atoms with Crippen molar-refractivity contribution in [1.29, 1.82) is 0 Å². The molecule has 2 amide bonds. The largest absolute Gasteiger partial charge is 0.478 e. The number of nitrogens with zero attached hydrogens (tertiary/aromatic N) is 2. The third-order valence-electron chi connectivity index (χ3n) is 12.3. The monoisotopic (exact) mass is 808 g/mol. The lowest BCUT2D eigenvalue weighted by Gasteiger charge is -2.15. The molecule has 4 aliphatic rings. The molecule has 2 heterocycles. The summed E-state index contributed by atoms with van der Waals surface area (Å²) < 4.78 is 5.04. The van der Waals surface area contributed by atoms with Crippen LogP contribution in [0.3, 0.4) is 0 Å². The van der Waals surface area contributed by atoms with Crippen molar-refractivity contribution in [3.63, 3.8) is 0 Å². The smallest absolute Gasteiger partial charge is 0.338 e. The third kappa shape index (κ3) is 8.90. The number of hydrogen-bond donors (Lipinski definition) is 1. The second-order valence-electron chi connectivity index (χ2n) is 16.8. The van der Waals surface area contributed by atoms with Crippen LogP contribution in [-0.2, 0) is 43.8 Å². The van der Waals surface area contributed by atoms with Crippen LogP contribution in [0.2, 0.25) is 0 Å². The van der Waals surface area contributed by atoms with E-state index >= 15 is 0 Å². The van der Waals surface area contributed by atoms with E-state index in [-0.39, 0.29) is 17.8 Å². The normalized spacial score (nSPS) is 15.2. The van der Waals surface area contributed by atoms with E-state index in [1.54, 1.807) is 0 Å². The van der Waals surface area contributed by atoms with Gasteiger partial charge < -0.3 is 19.6 Å². The van der Waals surface area contributed by atoms with Gasteiger partial charge in [-0.15, -0.1) is 0 Å². The predicted molar refractivity (Wildman–Crippen MR) is 234 cm³/mol. The van der Waals surface area contributed by atoms with Gasteiger partial charge in [0.15, 0.2) is 0 Å². The number of hydrogen-bond acceptors (Lipinski definition) is 5. The van der Waals surface area contributed by atoms with E-state index < -0.39 is 5.97 Å². The predicted octanol–water partition coefficient (Wildman–Crippen LogP) is 10.1. The summed E-state index contributed by atoms with van der Waals surface area (Å²) in [5.74, 6) is 0.0772. The van der Waals surface area contributed by atoms with Gasteiger partial charge in [-0.25, -0.2) is 9.59 Å². The minimum Gasteiger partial charge on any atom is -0.478 e. The molecule has 8 heteroatoms. The van der Waals surface area contributed by atoms with Crippen LogP contribution < -0.4 is 0 Å². The lowest BCUT2D eigenvalue weighted by atomic mass is 9.95. The number of carboxylic acids is 1. The summed E-state index contributed by atoms with van der Waals surface area (Å²) >= 11 is 0. The Morgan fingerprint density at radius 2 is 1.00 bits per heavy atom. The Labute approximate surface area is 356 Å². The van der Waals surface area contributed by atoms with E-state index in [4.69, 9.17) is 4.74 Å². The molecule has 1 N–H and O–H groups in total. The average molecular weight is 809 g/mol. The molecular formula is C53H48N2O6. The number of carboxylic acid groups (broad SMARTS) is 1. The molecule has 0 spiro atoms. The zero-order valence-corrected chi connectivity index (χ0v) is 34.3. The molecule has 0 unspecified atom stereocenters. The number of amides is 2. The molecule has 2 saturated carbocycles. The van der Waals surface area contributed by atoms with Crippen LogP contribution in [0.25, 0.3) is 0 Å². The Morgan fingerprint density at radius 3 is 1.43 bits per heavy atom. The summed E-state index contributed by atoms with van der Waals surface area (Å²) in [6, 6.07) is 44.0. The number of aromatic carboxylic acids is 1. The van der Waals surface area contributed by atoms with Crippen molar-refractivity contribution in [2.75, 3.05) is 7.11 Å². The van der Waals surface area contributed by atoms with Crippen LogP contribution in [-0.4, -0.2) is 45.8 Å². The number of rotatable bonds is 12. The molecule has 2 fully saturated rings. The van der Waals surface area contributed by atoms with Crippen molar-refractivity contribution in [1.82, 2.24) is 9.80 Å². The van der Waals surface area contributed by atoms with E-state index in [1.807, 2.05) is 113 Å². The molecule has 306 valence electrons. The van der Waals surface area contributed by atoms with Gasteiger partial charge in [0.1, 0.15) is 0 Å². The first-order valence-electron chi connectivity index (χ1n) is 21.2. The summed E-state index contributed by atoms with van der Waals surface area (Å²) in [6.07, 6.45) is 5.87. The maximum absolute atomic E-state index is 12.8. The first-order valence-corrected chi connectivity index (χ1v) is 21.2. The van der Waals surface area contributed by atoms with Gasteiger partial charge in [0.05, 0.1) is 18.2 Å². The molecule has 2 aliphatic carbocycles. The van der Waals surface area contributed by atoms with Crippen LogP contribution in [0.15, 0.2) is 133 Å². The summed E-state index contributed by atoms with van der Waals surface area (Å²) in [5, 5.41) is 9.68. The third-order valence-corrected chi connectivity index (χ3v) is 12.3. The first-order chi connectivity index (χ1) is 29.7. The first kappa shape index (κ1) is 39.6. The van der Waals surface area contributed by atoms with Crippen molar-refractivity contribution in [3.05, 3.63) is 211 Å². The molecule has 61 heavy (non-hydrogen) atoms. The van der Waals surface area contributed by atoms with Crippen LogP contribution in [0.1, 0.15) is 135 Å². The standard InChI is InChI=1S/C27H25NO3.C26H23NO3/c1-31-27(30)25-15-21(20-8-9-20)10-11-22(25)13-19-7-12-24-23(14-19)17-28(26(24)29)16-18-5-3-2-4-6-18;28-25-23-11-6-18(13-22(23)16-27(25)15-17-4-2-1-3-5-17)12-21-10-9-20(19-7-8-19)14-24(21)26(29)30/h2-7,10-12,14-15,20H,8-9,13,16-17H2,1H3;1-6,9-11,13-14,19H,7-8,12,15-16H2,(H,29,30). The molecule has 6 aromatic carbocycles. The number of fused-ring (bicyclic) bond motifs is 2. The van der Waals surface area contributed by atoms with E-state index in [1.165, 1.54) is 25.5 Å². The maximum atomic E-state index is 12.8. The minimum absolute atomic E-state index is 0.0559. The lowest BCUT2D eigenvalue weighted by molar-refractivity contribution is 0.0598. The molecule has 0 radical (unpaired) electrons. The van der Waals surface area contributed by atoms with Crippen LogP contribution in [0, 0.1) is 0 Å². The zero-order chi connectivity index (χ0) is 42.0. The fourth-order valence-corrected chi connectivity index (χ4v) is 8.73. The van der Waals surface area contributed by atoms with Crippen LogP contribution >= 0.6 is 0 Å². The van der Waals surface area contributed by atoms with Gasteiger partial charge in [-0.2, -0.15) is 0 Å². The molecular weight excluding hydrogens is 761 g/mol. The highest BCUT2D eigenvalue weighted by Crippen LogP contribution is 2.42. The second-order valence-corrected chi connectivity index (χ2v) is 16.8. The molecule has 6 aromatic rings. The average Bonchev–Trinajstić information content (AvgIpc) is 4.23. The Kier molecular flexibility index (Phi) is 11.1. The van der Waals surface area contributed by atoms with E-state index in [2.05, 4.69) is 30.3 Å². The maximum Gasteiger partial charge on any atom is 0.338 e. The number of esters is 1. The van der Waals surface area contributed by atoms with Crippen LogP contribution in [0.5, 0.6) is 0 Å². The number of carbonyl (C=O) groups excluding carboxylic acids is 3. The highest BCUT2D eigenvalue weighted by Gasteiger charge is 2.30. The van der Waals surface area contributed by atoms with Gasteiger partial charge in [-0.3, -0.25) is 9.59 Å². The second kappa shape index (κ2) is 17.1. The topological polar surface area (TPSA) is 104 Å². The van der Waals surface area contributed by atoms with Gasteiger partial charge in [0, 0.05) is 37.3 Å². The molecule has 0 bridgehead atoms. The molecule has 0 saturated heterocycles. The summed E-state index contributed by atoms with van der Waals surface area (Å²) in [7, 11) is 1.43. The van der Waals surface area contributed by atoms with Gasteiger partial charge in [0.25, 0.3) is 11.8 Å². The highest BCUT2D eigenvalue weighted by atomic mass is 16.5. The van der Waals surface area contributed by atoms with Crippen molar-refractivity contribution in [2.45, 2.75) is 76.5 Å². The fourth-order valence-electron chi connectivity index (χ4n) is 8.73. The highest BCUT2D eigenvalue weighted by molar-refractivity contribution is 5.99. The molecule has 2 aliphatic heterocycles. The number of ether oxygens (including phenoxy) is 1. The summed E-state index contributed by atoms with van der Waals surface area (Å²) in [6.45, 7) is 2.40. The fraction of sp³-hybridized carbons (Fsp3) is 0.245. The summed E-state index contributed by atoms with van der Waals surface area (Å²) in [4.78, 5) is 53.5. The summed E-state index contributed by atoms with van der Waals surface area (Å²) in [5.41, 5.74) is 13.1. The lowest BCUT2D eigenvalue weighted by Crippen LogP contribution is -2.23. The van der Waals surface area contributed by atoms with Crippen LogP contribution in [0.4, 0.5) is 0 Å². The minimum atomic E-state index is -0.877. The molecule has 10 rings (SSSR count). The number of benzene rings is 6. The van der Waals surface area contributed by atoms with E-state index in [0.29, 0.717) is 62.0 Å². The quantitative estimate of drug-likeness (QED) is 0.124. The van der Waals surface area contributed by atoms with Gasteiger partial charge in [-0.05, 0) is 130 Å². The Hall–Kier alpha value is -6.80. The van der Waals surface area contributed by atoms with Gasteiger partial charge in [0.2, 0.25) is 0 Å². The van der Waals surface area contributed by atoms with Gasteiger partial charge in [-0.1, -0.05) is 109 Å². The zero-order valence-electron chi connectivity index (χ0n) is 34.3. The van der Waals surface area contributed by atoms with Crippen molar-refractivity contribution in [3.8, 4) is 0 Å². The molecule has 0 aromatic heterocycles.